The Labute approximate surface area is 179 Å². The van der Waals surface area contributed by atoms with Crippen molar-refractivity contribution in [2.24, 2.45) is 5.92 Å². The maximum absolute atomic E-state index is 12.4. The van der Waals surface area contributed by atoms with E-state index in [1.165, 1.54) is 13.8 Å². The third-order valence-electron chi connectivity index (χ3n) is 3.83. The van der Waals surface area contributed by atoms with Crippen LogP contribution in [0.2, 0.25) is 0 Å². The van der Waals surface area contributed by atoms with Gasteiger partial charge in [0.1, 0.15) is 6.04 Å². The molecular formula is C18H21NO11S. The van der Waals surface area contributed by atoms with Crippen molar-refractivity contribution >= 4 is 28.9 Å². The van der Waals surface area contributed by atoms with Gasteiger partial charge in [0.05, 0.1) is 0 Å². The Morgan fingerprint density at radius 3 is 1.87 bits per heavy atom. The molecule has 2 rings (SSSR count). The summed E-state index contributed by atoms with van der Waals surface area (Å²) in [5.41, 5.74) is 0. The van der Waals surface area contributed by atoms with E-state index in [-0.39, 0.29) is 35.4 Å². The Kier molecular flexibility index (Phi) is 8.30. The highest BCUT2D eigenvalue weighted by Gasteiger charge is 2.26. The Morgan fingerprint density at radius 2 is 1.42 bits per heavy atom. The fraction of sp³-hybridized carbons (Fsp3) is 0.500. The van der Waals surface area contributed by atoms with Crippen molar-refractivity contribution in [2.45, 2.75) is 47.0 Å². The molecule has 0 fully saturated rings. The van der Waals surface area contributed by atoms with Crippen molar-refractivity contribution in [1.29, 1.82) is 0 Å². The molecule has 12 nitrogen and oxygen atoms in total. The van der Waals surface area contributed by atoms with Crippen molar-refractivity contribution in [3.05, 3.63) is 44.3 Å². The van der Waals surface area contributed by atoms with E-state index in [9.17, 15) is 24.0 Å². The van der Waals surface area contributed by atoms with Crippen LogP contribution in [0.25, 0.3) is 0 Å². The molecule has 1 amide bonds. The lowest BCUT2D eigenvalue weighted by Crippen LogP contribution is -2.45. The maximum atomic E-state index is 12.4. The molecule has 0 radical (unpaired) electrons. The van der Waals surface area contributed by atoms with Gasteiger partial charge in [0.25, 0.3) is 0 Å². The number of rotatable bonds is 9. The van der Waals surface area contributed by atoms with Gasteiger partial charge in [0.2, 0.25) is 5.91 Å². The first kappa shape index (κ1) is 24.1. The molecule has 0 aromatic carbocycles. The van der Waals surface area contributed by atoms with E-state index in [0.29, 0.717) is 11.8 Å². The molecule has 0 saturated carbocycles. The molecular weight excluding hydrogens is 438 g/mol. The molecule has 31 heavy (non-hydrogen) atoms. The lowest BCUT2D eigenvalue weighted by Gasteiger charge is -2.18. The molecule has 0 unspecified atom stereocenters. The second-order valence-corrected chi connectivity index (χ2v) is 7.50. The van der Waals surface area contributed by atoms with Gasteiger partial charge in [0.15, 0.2) is 36.3 Å². The van der Waals surface area contributed by atoms with E-state index in [1.54, 1.807) is 13.8 Å². The smallest absolute Gasteiger partial charge is 0.456 e. The topological polar surface area (TPSA) is 168 Å². The van der Waals surface area contributed by atoms with Crippen molar-refractivity contribution in [1.82, 2.24) is 5.32 Å². The fourth-order valence-electron chi connectivity index (χ4n) is 2.07. The summed E-state index contributed by atoms with van der Waals surface area (Å²) in [6.45, 7) is 5.46. The summed E-state index contributed by atoms with van der Waals surface area (Å²) in [5, 5.41) is 1.70. The van der Waals surface area contributed by atoms with E-state index < -0.39 is 47.4 Å². The maximum Gasteiger partial charge on any atom is 0.519 e. The van der Waals surface area contributed by atoms with E-state index in [1.807, 2.05) is 0 Å². The highest BCUT2D eigenvalue weighted by Crippen LogP contribution is 2.14. The van der Waals surface area contributed by atoms with Gasteiger partial charge in [-0.1, -0.05) is 13.8 Å². The minimum absolute atomic E-state index is 0.0244. The van der Waals surface area contributed by atoms with E-state index in [0.717, 1.165) is 0 Å². The molecule has 2 aromatic heterocycles. The lowest BCUT2D eigenvalue weighted by atomic mass is 10.2. The van der Waals surface area contributed by atoms with E-state index in [2.05, 4.69) is 14.2 Å². The van der Waals surface area contributed by atoms with E-state index >= 15 is 0 Å². The second kappa shape index (κ2) is 10.7. The minimum Gasteiger partial charge on any atom is -0.456 e. The normalized spacial score (nSPS) is 11.9. The molecule has 13 heteroatoms. The number of hydrogen-bond donors (Lipinski definition) is 1. The summed E-state index contributed by atoms with van der Waals surface area (Å²) in [5.74, 6) is -3.35. The molecule has 0 spiro atoms. The molecule has 0 aliphatic carbocycles. The number of carbonyl (C=O) groups excluding carboxylic acids is 3. The van der Waals surface area contributed by atoms with Crippen molar-refractivity contribution in [2.75, 3.05) is 5.75 Å². The quantitative estimate of drug-likeness (QED) is 0.539. The standard InChI is InChI=1S/C18H21NO11S/c1-8(2)14(20)19-11(15(21)25-5-12-9(3)27-16(22)29-12)7-31-18(24)26-6-13-10(4)28-17(23)30-13/h8,11H,5-7H2,1-4H3,(H,19,20)/t11-/m0/s1. The highest BCUT2D eigenvalue weighted by molar-refractivity contribution is 8.13. The summed E-state index contributed by atoms with van der Waals surface area (Å²) in [7, 11) is 0. The number of nitrogens with one attached hydrogen (secondary N) is 1. The number of amides is 1. The SMILES string of the molecule is Cc1oc(=O)oc1COC(=O)SC[C@H](NC(=O)C(C)C)C(=O)OCc1oc(=O)oc1C. The minimum atomic E-state index is -1.18. The third kappa shape index (κ3) is 7.20. The van der Waals surface area contributed by atoms with Gasteiger partial charge < -0.3 is 32.5 Å². The number of thioether (sulfide) groups is 1. The van der Waals surface area contributed by atoms with Crippen molar-refractivity contribution in [3.8, 4) is 0 Å². The van der Waals surface area contributed by atoms with Gasteiger partial charge >= 0.3 is 22.9 Å². The van der Waals surface area contributed by atoms with Crippen LogP contribution in [0.3, 0.4) is 0 Å². The molecule has 2 heterocycles. The summed E-state index contributed by atoms with van der Waals surface area (Å²) in [6.07, 6.45) is 0. The van der Waals surface area contributed by atoms with Crippen LogP contribution in [0.5, 0.6) is 0 Å². The molecule has 1 atom stereocenters. The number of hydrogen-bond acceptors (Lipinski definition) is 12. The number of ether oxygens (including phenoxy) is 2. The zero-order valence-corrected chi connectivity index (χ0v) is 18.0. The molecule has 170 valence electrons. The van der Waals surface area contributed by atoms with Gasteiger partial charge in [-0.05, 0) is 25.6 Å². The van der Waals surface area contributed by atoms with Gasteiger partial charge in [-0.25, -0.2) is 19.2 Å². The van der Waals surface area contributed by atoms with Crippen LogP contribution in [-0.4, -0.2) is 29.0 Å². The Morgan fingerprint density at radius 1 is 0.903 bits per heavy atom. The Bertz CT molecular complexity index is 1040. The predicted octanol–water partition coefficient (Wildman–Crippen LogP) is 1.65. The monoisotopic (exact) mass is 459 g/mol. The summed E-state index contributed by atoms with van der Waals surface area (Å²) in [4.78, 5) is 58.4. The fourth-order valence-corrected chi connectivity index (χ4v) is 2.74. The molecule has 0 saturated heterocycles. The summed E-state index contributed by atoms with van der Waals surface area (Å²) in [6, 6.07) is -1.18. The number of esters is 1. The zero-order valence-electron chi connectivity index (χ0n) is 17.2. The Balaban J connectivity index is 1.93. The van der Waals surface area contributed by atoms with Gasteiger partial charge in [-0.2, -0.15) is 0 Å². The first-order valence-corrected chi connectivity index (χ1v) is 10.0. The number of aryl methyl sites for hydroxylation is 2. The average Bonchev–Trinajstić information content (AvgIpc) is 3.19. The molecule has 2 aromatic rings. The highest BCUT2D eigenvalue weighted by atomic mass is 32.2. The van der Waals surface area contributed by atoms with Crippen LogP contribution in [0, 0.1) is 19.8 Å². The van der Waals surface area contributed by atoms with Gasteiger partial charge in [-0.3, -0.25) is 4.79 Å². The van der Waals surface area contributed by atoms with Crippen molar-refractivity contribution < 1.29 is 41.5 Å². The van der Waals surface area contributed by atoms with E-state index in [4.69, 9.17) is 18.3 Å². The van der Waals surface area contributed by atoms with Crippen LogP contribution >= 0.6 is 11.8 Å². The molecule has 0 aliphatic rings. The lowest BCUT2D eigenvalue weighted by molar-refractivity contribution is -0.149. The summed E-state index contributed by atoms with van der Waals surface area (Å²) < 4.78 is 28.8. The molecule has 1 N–H and O–H groups in total. The second-order valence-electron chi connectivity index (χ2n) is 6.54. The van der Waals surface area contributed by atoms with Crippen LogP contribution < -0.4 is 17.0 Å². The average molecular weight is 459 g/mol. The van der Waals surface area contributed by atoms with Gasteiger partial charge in [-0.15, -0.1) is 0 Å². The first-order valence-electron chi connectivity index (χ1n) is 9.02. The number of carbonyl (C=O) groups is 3. The molecule has 0 bridgehead atoms. The summed E-state index contributed by atoms with van der Waals surface area (Å²) >= 11 is 0.608. The largest absolute Gasteiger partial charge is 0.519 e. The van der Waals surface area contributed by atoms with Crippen LogP contribution in [0.4, 0.5) is 4.79 Å². The Hall–Kier alpha value is -3.22. The first-order chi connectivity index (χ1) is 14.6. The predicted molar refractivity (Wildman–Crippen MR) is 103 cm³/mol. The van der Waals surface area contributed by atoms with Crippen LogP contribution in [0.1, 0.15) is 36.9 Å². The molecule has 0 aliphatic heterocycles. The van der Waals surface area contributed by atoms with Crippen molar-refractivity contribution in [3.63, 3.8) is 0 Å². The van der Waals surface area contributed by atoms with Gasteiger partial charge in [0, 0.05) is 11.7 Å². The van der Waals surface area contributed by atoms with Crippen LogP contribution in [-0.2, 0) is 32.3 Å². The zero-order chi connectivity index (χ0) is 23.1. The van der Waals surface area contributed by atoms with Crippen LogP contribution in [0.15, 0.2) is 27.3 Å². The third-order valence-corrected chi connectivity index (χ3v) is 4.68.